The van der Waals surface area contributed by atoms with Crippen molar-refractivity contribution in [1.29, 1.82) is 0 Å². The number of likely N-dealkylation sites (tertiary alicyclic amines) is 1. The summed E-state index contributed by atoms with van der Waals surface area (Å²) in [5.41, 5.74) is 4.95. The van der Waals surface area contributed by atoms with Crippen molar-refractivity contribution >= 4 is 17.3 Å². The van der Waals surface area contributed by atoms with E-state index in [2.05, 4.69) is 36.3 Å². The van der Waals surface area contributed by atoms with Gasteiger partial charge >= 0.3 is 0 Å². The fourth-order valence-electron chi connectivity index (χ4n) is 3.10. The zero-order chi connectivity index (χ0) is 16.9. The van der Waals surface area contributed by atoms with E-state index in [0.29, 0.717) is 5.69 Å². The van der Waals surface area contributed by atoms with Crippen molar-refractivity contribution in [2.75, 3.05) is 18.4 Å². The number of benzene rings is 1. The zero-order valence-electron chi connectivity index (χ0n) is 14.5. The lowest BCUT2D eigenvalue weighted by molar-refractivity contribution is 0.0756. The van der Waals surface area contributed by atoms with E-state index in [4.69, 9.17) is 0 Å². The third-order valence-corrected chi connectivity index (χ3v) is 4.76. The third kappa shape index (κ3) is 3.75. The Balaban J connectivity index is 1.78. The summed E-state index contributed by atoms with van der Waals surface area (Å²) < 4.78 is 0. The van der Waals surface area contributed by atoms with E-state index >= 15 is 0 Å². The lowest BCUT2D eigenvalue weighted by atomic mass is 10.1. The van der Waals surface area contributed by atoms with Crippen LogP contribution in [0, 0.1) is 13.8 Å². The molecule has 0 bridgehead atoms. The number of pyridine rings is 1. The van der Waals surface area contributed by atoms with Gasteiger partial charge < -0.3 is 10.2 Å². The maximum Gasteiger partial charge on any atom is 0.272 e. The fourth-order valence-corrected chi connectivity index (χ4v) is 3.10. The van der Waals surface area contributed by atoms with Gasteiger partial charge in [0.1, 0.15) is 5.69 Å². The van der Waals surface area contributed by atoms with Gasteiger partial charge in [-0.2, -0.15) is 0 Å². The maximum absolute atomic E-state index is 12.7. The standard InChI is InChI=1S/C20H25N3O/c1-15-8-7-9-18(16(15)2)22-17-10-11-21-19(14-17)20(24)23-12-5-3-4-6-13-23/h7-11,14H,3-6,12-13H2,1-2H3,(H,21,22). The first-order valence-corrected chi connectivity index (χ1v) is 8.74. The van der Waals surface area contributed by atoms with Gasteiger partial charge in [-0.15, -0.1) is 0 Å². The number of rotatable bonds is 3. The topological polar surface area (TPSA) is 45.2 Å². The smallest absolute Gasteiger partial charge is 0.272 e. The summed E-state index contributed by atoms with van der Waals surface area (Å²) in [7, 11) is 0. The van der Waals surface area contributed by atoms with E-state index in [-0.39, 0.29) is 5.91 Å². The summed E-state index contributed by atoms with van der Waals surface area (Å²) in [5.74, 6) is 0.0431. The van der Waals surface area contributed by atoms with Crippen LogP contribution in [-0.2, 0) is 0 Å². The van der Waals surface area contributed by atoms with Crippen molar-refractivity contribution in [3.63, 3.8) is 0 Å². The average Bonchev–Trinajstić information content (AvgIpc) is 2.88. The molecular weight excluding hydrogens is 298 g/mol. The highest BCUT2D eigenvalue weighted by molar-refractivity contribution is 5.93. The molecule has 1 amide bonds. The zero-order valence-corrected chi connectivity index (χ0v) is 14.5. The predicted molar refractivity (Wildman–Crippen MR) is 97.8 cm³/mol. The van der Waals surface area contributed by atoms with Crippen LogP contribution in [0.5, 0.6) is 0 Å². The van der Waals surface area contributed by atoms with Crippen molar-refractivity contribution in [2.24, 2.45) is 0 Å². The second kappa shape index (κ2) is 7.47. The van der Waals surface area contributed by atoms with Gasteiger partial charge in [0.15, 0.2) is 0 Å². The molecule has 1 aromatic carbocycles. The molecule has 1 aromatic heterocycles. The van der Waals surface area contributed by atoms with Crippen LogP contribution in [0.2, 0.25) is 0 Å². The molecule has 1 aliphatic heterocycles. The lowest BCUT2D eigenvalue weighted by Gasteiger charge is -2.20. The number of hydrogen-bond donors (Lipinski definition) is 1. The molecule has 3 rings (SSSR count). The van der Waals surface area contributed by atoms with Crippen LogP contribution in [0.4, 0.5) is 11.4 Å². The van der Waals surface area contributed by atoms with Gasteiger partial charge in [0, 0.05) is 30.7 Å². The molecule has 1 fully saturated rings. The molecule has 24 heavy (non-hydrogen) atoms. The molecule has 126 valence electrons. The molecule has 0 aliphatic carbocycles. The Morgan fingerprint density at radius 3 is 2.58 bits per heavy atom. The quantitative estimate of drug-likeness (QED) is 0.907. The monoisotopic (exact) mass is 323 g/mol. The van der Waals surface area contributed by atoms with Crippen molar-refractivity contribution in [2.45, 2.75) is 39.5 Å². The molecule has 2 heterocycles. The molecule has 4 nitrogen and oxygen atoms in total. The molecule has 0 spiro atoms. The number of hydrogen-bond acceptors (Lipinski definition) is 3. The van der Waals surface area contributed by atoms with Crippen LogP contribution in [-0.4, -0.2) is 28.9 Å². The molecule has 1 aliphatic rings. The lowest BCUT2D eigenvalue weighted by Crippen LogP contribution is -2.32. The fraction of sp³-hybridized carbons (Fsp3) is 0.400. The summed E-state index contributed by atoms with van der Waals surface area (Å²) in [6.07, 6.45) is 6.31. The highest BCUT2D eigenvalue weighted by atomic mass is 16.2. The first kappa shape index (κ1) is 16.5. The van der Waals surface area contributed by atoms with Crippen LogP contribution in [0.25, 0.3) is 0 Å². The average molecular weight is 323 g/mol. The Bertz CT molecular complexity index is 719. The third-order valence-electron chi connectivity index (χ3n) is 4.76. The Hall–Kier alpha value is -2.36. The van der Waals surface area contributed by atoms with Gasteiger partial charge in [-0.25, -0.2) is 0 Å². The molecule has 0 radical (unpaired) electrons. The normalized spacial score (nSPS) is 15.0. The summed E-state index contributed by atoms with van der Waals surface area (Å²) in [5, 5.41) is 3.41. The van der Waals surface area contributed by atoms with E-state index in [9.17, 15) is 4.79 Å². The molecule has 0 unspecified atom stereocenters. The Morgan fingerprint density at radius 2 is 1.83 bits per heavy atom. The summed E-state index contributed by atoms with van der Waals surface area (Å²) in [6.45, 7) is 5.88. The van der Waals surface area contributed by atoms with Gasteiger partial charge in [-0.05, 0) is 56.0 Å². The number of amides is 1. The molecule has 0 saturated carbocycles. The van der Waals surface area contributed by atoms with Crippen LogP contribution in [0.3, 0.4) is 0 Å². The van der Waals surface area contributed by atoms with Gasteiger partial charge in [0.25, 0.3) is 5.91 Å². The molecule has 0 atom stereocenters. The molecule has 4 heteroatoms. The largest absolute Gasteiger partial charge is 0.355 e. The first-order valence-electron chi connectivity index (χ1n) is 8.74. The van der Waals surface area contributed by atoms with E-state index < -0.39 is 0 Å². The van der Waals surface area contributed by atoms with Crippen LogP contribution < -0.4 is 5.32 Å². The predicted octanol–water partition coefficient (Wildman–Crippen LogP) is 4.46. The minimum Gasteiger partial charge on any atom is -0.355 e. The highest BCUT2D eigenvalue weighted by Gasteiger charge is 2.18. The number of carbonyl (C=O) groups is 1. The summed E-state index contributed by atoms with van der Waals surface area (Å²) in [6, 6.07) is 9.95. The van der Waals surface area contributed by atoms with E-state index in [1.54, 1.807) is 6.20 Å². The molecule has 1 N–H and O–H groups in total. The molecular formula is C20H25N3O. The van der Waals surface area contributed by atoms with Crippen molar-refractivity contribution < 1.29 is 4.79 Å². The second-order valence-electron chi connectivity index (χ2n) is 6.51. The Morgan fingerprint density at radius 1 is 1.08 bits per heavy atom. The van der Waals surface area contributed by atoms with Gasteiger partial charge in [0.2, 0.25) is 0 Å². The number of carbonyl (C=O) groups excluding carboxylic acids is 1. The minimum absolute atomic E-state index is 0.0431. The van der Waals surface area contributed by atoms with Crippen molar-refractivity contribution in [3.05, 3.63) is 53.3 Å². The Kier molecular flexibility index (Phi) is 5.14. The maximum atomic E-state index is 12.7. The number of anilines is 2. The van der Waals surface area contributed by atoms with Gasteiger partial charge in [-0.1, -0.05) is 25.0 Å². The SMILES string of the molecule is Cc1cccc(Nc2ccnc(C(=O)N3CCCCCC3)c2)c1C. The van der Waals surface area contributed by atoms with Crippen LogP contribution in [0.1, 0.15) is 47.3 Å². The van der Waals surface area contributed by atoms with E-state index in [1.165, 1.54) is 24.0 Å². The van der Waals surface area contributed by atoms with Crippen LogP contribution in [0.15, 0.2) is 36.5 Å². The molecule has 1 saturated heterocycles. The molecule has 2 aromatic rings. The summed E-state index contributed by atoms with van der Waals surface area (Å²) in [4.78, 5) is 19.0. The van der Waals surface area contributed by atoms with E-state index in [1.807, 2.05) is 23.1 Å². The van der Waals surface area contributed by atoms with Gasteiger partial charge in [0.05, 0.1) is 0 Å². The van der Waals surface area contributed by atoms with Gasteiger partial charge in [-0.3, -0.25) is 9.78 Å². The first-order chi connectivity index (χ1) is 11.6. The highest BCUT2D eigenvalue weighted by Crippen LogP contribution is 2.23. The number of aromatic nitrogens is 1. The van der Waals surface area contributed by atoms with Crippen LogP contribution >= 0.6 is 0 Å². The number of nitrogens with one attached hydrogen (secondary N) is 1. The Labute approximate surface area is 143 Å². The van der Waals surface area contributed by atoms with Crippen molar-refractivity contribution in [1.82, 2.24) is 9.88 Å². The minimum atomic E-state index is 0.0431. The second-order valence-corrected chi connectivity index (χ2v) is 6.51. The number of aryl methyl sites for hydroxylation is 1. The van der Waals surface area contributed by atoms with E-state index in [0.717, 1.165) is 37.3 Å². The summed E-state index contributed by atoms with van der Waals surface area (Å²) >= 11 is 0. The van der Waals surface area contributed by atoms with Crippen molar-refractivity contribution in [3.8, 4) is 0 Å². The number of nitrogens with zero attached hydrogens (tertiary/aromatic N) is 2.